The van der Waals surface area contributed by atoms with Crippen LogP contribution in [-0.4, -0.2) is 24.8 Å². The third-order valence-corrected chi connectivity index (χ3v) is 4.65. The Hall–Kier alpha value is -2.01. The van der Waals surface area contributed by atoms with Crippen LogP contribution in [0.15, 0.2) is 42.5 Å². The van der Waals surface area contributed by atoms with E-state index in [2.05, 4.69) is 5.32 Å². The number of allylic oxidation sites excluding steroid dienone is 1. The van der Waals surface area contributed by atoms with Crippen LogP contribution < -0.4 is 10.1 Å². The average Bonchev–Trinajstić information content (AvgIpc) is 2.64. The summed E-state index contributed by atoms with van der Waals surface area (Å²) in [4.78, 5) is 23.6. The van der Waals surface area contributed by atoms with Gasteiger partial charge in [0.15, 0.2) is 12.4 Å². The summed E-state index contributed by atoms with van der Waals surface area (Å²) in [7, 11) is 0. The molecule has 7 heteroatoms. The van der Waals surface area contributed by atoms with E-state index < -0.39 is 0 Å². The second-order valence-corrected chi connectivity index (χ2v) is 6.39. The number of hydrogen-bond donors (Lipinski definition) is 1. The fourth-order valence-electron chi connectivity index (χ4n) is 2.05. The molecule has 0 spiro atoms. The Labute approximate surface area is 166 Å². The molecule has 0 atom stereocenters. The van der Waals surface area contributed by atoms with E-state index in [1.807, 2.05) is 6.92 Å². The summed E-state index contributed by atoms with van der Waals surface area (Å²) in [5.74, 6) is 0.0953. The molecule has 2 aromatic carbocycles. The topological polar surface area (TPSA) is 55.4 Å². The first-order valence-corrected chi connectivity index (χ1v) is 8.91. The Bertz CT molecular complexity index is 833. The summed E-state index contributed by atoms with van der Waals surface area (Å²) >= 11 is 17.9. The molecule has 0 saturated heterocycles. The molecule has 0 aliphatic carbocycles. The molecule has 0 saturated carbocycles. The second kappa shape index (κ2) is 9.62. The van der Waals surface area contributed by atoms with Crippen LogP contribution in [0, 0.1) is 0 Å². The maximum Gasteiger partial charge on any atom is 0.257 e. The van der Waals surface area contributed by atoms with Gasteiger partial charge < -0.3 is 10.1 Å². The second-order valence-electron chi connectivity index (χ2n) is 5.23. The highest BCUT2D eigenvalue weighted by Crippen LogP contribution is 2.33. The van der Waals surface area contributed by atoms with Crippen molar-refractivity contribution in [1.29, 1.82) is 0 Å². The summed E-state index contributed by atoms with van der Waals surface area (Å²) in [6, 6.07) is 10.0. The first-order valence-electron chi connectivity index (χ1n) is 7.77. The number of amides is 1. The SMILES string of the molecule is CCNC(=O)COc1ccc(/C=C/C(=O)c2ccc(Cl)c(Cl)c2Cl)cc1. The molecule has 0 fully saturated rings. The molecule has 136 valence electrons. The van der Waals surface area contributed by atoms with E-state index in [9.17, 15) is 9.59 Å². The number of benzene rings is 2. The highest BCUT2D eigenvalue weighted by atomic mass is 35.5. The van der Waals surface area contributed by atoms with Crippen LogP contribution in [-0.2, 0) is 4.79 Å². The van der Waals surface area contributed by atoms with Gasteiger partial charge >= 0.3 is 0 Å². The van der Waals surface area contributed by atoms with Crippen molar-refractivity contribution in [2.45, 2.75) is 6.92 Å². The van der Waals surface area contributed by atoms with Crippen molar-refractivity contribution in [3.8, 4) is 5.75 Å². The molecule has 1 N–H and O–H groups in total. The van der Waals surface area contributed by atoms with Crippen LogP contribution in [0.25, 0.3) is 6.08 Å². The molecular formula is C19H16Cl3NO3. The van der Waals surface area contributed by atoms with Crippen molar-refractivity contribution < 1.29 is 14.3 Å². The Morgan fingerprint density at radius 2 is 1.73 bits per heavy atom. The predicted molar refractivity (Wildman–Crippen MR) is 105 cm³/mol. The lowest BCUT2D eigenvalue weighted by atomic mass is 10.1. The minimum absolute atomic E-state index is 0.0443. The first kappa shape index (κ1) is 20.3. The lowest BCUT2D eigenvalue weighted by molar-refractivity contribution is -0.122. The number of rotatable bonds is 7. The van der Waals surface area contributed by atoms with E-state index in [1.165, 1.54) is 18.2 Å². The number of likely N-dealkylation sites (N-methyl/N-ethyl adjacent to an activating group) is 1. The summed E-state index contributed by atoms with van der Waals surface area (Å²) in [6.07, 6.45) is 3.05. The number of nitrogens with one attached hydrogen (secondary N) is 1. The van der Waals surface area contributed by atoms with Gasteiger partial charge in [0.2, 0.25) is 0 Å². The van der Waals surface area contributed by atoms with Gasteiger partial charge in [0.25, 0.3) is 5.91 Å². The predicted octanol–water partition coefficient (Wildman–Crippen LogP) is 5.06. The molecule has 0 unspecified atom stereocenters. The lowest BCUT2D eigenvalue weighted by Gasteiger charge is -2.06. The van der Waals surface area contributed by atoms with Gasteiger partial charge in [-0.3, -0.25) is 9.59 Å². The lowest BCUT2D eigenvalue weighted by Crippen LogP contribution is -2.28. The van der Waals surface area contributed by atoms with E-state index in [1.54, 1.807) is 30.3 Å². The molecule has 0 heterocycles. The Kier molecular flexibility index (Phi) is 7.51. The molecule has 2 aromatic rings. The maximum atomic E-state index is 12.3. The van der Waals surface area contributed by atoms with Crippen molar-refractivity contribution >= 4 is 52.6 Å². The van der Waals surface area contributed by atoms with Gasteiger partial charge in [0, 0.05) is 12.1 Å². The Morgan fingerprint density at radius 1 is 1.04 bits per heavy atom. The monoisotopic (exact) mass is 411 g/mol. The summed E-state index contributed by atoms with van der Waals surface area (Å²) in [6.45, 7) is 2.35. The van der Waals surface area contributed by atoms with Crippen LogP contribution in [0.2, 0.25) is 15.1 Å². The zero-order valence-electron chi connectivity index (χ0n) is 13.9. The van der Waals surface area contributed by atoms with Crippen LogP contribution in [0.1, 0.15) is 22.8 Å². The van der Waals surface area contributed by atoms with Gasteiger partial charge in [-0.15, -0.1) is 0 Å². The molecule has 0 radical (unpaired) electrons. The molecule has 4 nitrogen and oxygen atoms in total. The Balaban J connectivity index is 2.01. The molecule has 26 heavy (non-hydrogen) atoms. The normalized spacial score (nSPS) is 10.8. The Morgan fingerprint density at radius 3 is 2.38 bits per heavy atom. The highest BCUT2D eigenvalue weighted by molar-refractivity contribution is 6.49. The molecular weight excluding hydrogens is 397 g/mol. The third kappa shape index (κ3) is 5.49. The number of hydrogen-bond acceptors (Lipinski definition) is 3. The number of ether oxygens (including phenoxy) is 1. The number of halogens is 3. The van der Waals surface area contributed by atoms with Crippen LogP contribution in [0.4, 0.5) is 0 Å². The molecule has 2 rings (SSSR count). The zero-order chi connectivity index (χ0) is 19.1. The highest BCUT2D eigenvalue weighted by Gasteiger charge is 2.13. The largest absolute Gasteiger partial charge is 0.484 e. The molecule has 0 aliphatic rings. The first-order chi connectivity index (χ1) is 12.4. The van der Waals surface area contributed by atoms with Crippen molar-refractivity contribution in [1.82, 2.24) is 5.32 Å². The van der Waals surface area contributed by atoms with E-state index in [-0.39, 0.29) is 33.9 Å². The minimum Gasteiger partial charge on any atom is -0.484 e. The molecule has 0 aliphatic heterocycles. The fraction of sp³-hybridized carbons (Fsp3) is 0.158. The quantitative estimate of drug-likeness (QED) is 0.393. The molecule has 1 amide bonds. The van der Waals surface area contributed by atoms with Crippen molar-refractivity contribution in [2.24, 2.45) is 0 Å². The van der Waals surface area contributed by atoms with Crippen LogP contribution in [0.5, 0.6) is 5.75 Å². The van der Waals surface area contributed by atoms with Crippen molar-refractivity contribution in [2.75, 3.05) is 13.2 Å². The standard InChI is InChI=1S/C19H16Cl3NO3/c1-2-23-17(25)11-26-13-6-3-12(4-7-13)5-10-16(24)14-8-9-15(20)19(22)18(14)21/h3-10H,2,11H2,1H3,(H,23,25)/b10-5+. The number of carbonyl (C=O) groups excluding carboxylic acids is 2. The third-order valence-electron chi connectivity index (χ3n) is 3.35. The van der Waals surface area contributed by atoms with Gasteiger partial charge in [-0.25, -0.2) is 0 Å². The van der Waals surface area contributed by atoms with Gasteiger partial charge in [-0.05, 0) is 42.8 Å². The number of carbonyl (C=O) groups is 2. The van der Waals surface area contributed by atoms with E-state index in [0.29, 0.717) is 17.3 Å². The van der Waals surface area contributed by atoms with Crippen molar-refractivity contribution in [3.05, 3.63) is 68.7 Å². The van der Waals surface area contributed by atoms with E-state index in [0.717, 1.165) is 5.56 Å². The van der Waals surface area contributed by atoms with Crippen LogP contribution >= 0.6 is 34.8 Å². The average molecular weight is 413 g/mol. The van der Waals surface area contributed by atoms with Gasteiger partial charge in [0.05, 0.1) is 15.1 Å². The minimum atomic E-state index is -0.287. The summed E-state index contributed by atoms with van der Waals surface area (Å²) in [5, 5.41) is 3.22. The molecule has 0 aromatic heterocycles. The van der Waals surface area contributed by atoms with Gasteiger partial charge in [-0.1, -0.05) is 53.0 Å². The van der Waals surface area contributed by atoms with Gasteiger partial charge in [-0.2, -0.15) is 0 Å². The molecule has 0 bridgehead atoms. The number of ketones is 1. The van der Waals surface area contributed by atoms with E-state index in [4.69, 9.17) is 39.5 Å². The summed E-state index contributed by atoms with van der Waals surface area (Å²) < 4.78 is 5.36. The van der Waals surface area contributed by atoms with E-state index >= 15 is 0 Å². The smallest absolute Gasteiger partial charge is 0.257 e. The fourth-order valence-corrected chi connectivity index (χ4v) is 2.68. The zero-order valence-corrected chi connectivity index (χ0v) is 16.2. The van der Waals surface area contributed by atoms with Gasteiger partial charge in [0.1, 0.15) is 5.75 Å². The van der Waals surface area contributed by atoms with Crippen LogP contribution in [0.3, 0.4) is 0 Å². The maximum absolute atomic E-state index is 12.3. The van der Waals surface area contributed by atoms with Crippen molar-refractivity contribution in [3.63, 3.8) is 0 Å². The summed E-state index contributed by atoms with van der Waals surface area (Å²) in [5.41, 5.74) is 1.07.